The van der Waals surface area contributed by atoms with E-state index in [9.17, 15) is 18.5 Å². The Bertz CT molecular complexity index is 1270. The molecule has 0 amide bonds. The van der Waals surface area contributed by atoms with Crippen molar-refractivity contribution in [1.29, 1.82) is 0 Å². The molecule has 3 aromatic rings. The van der Waals surface area contributed by atoms with E-state index in [4.69, 9.17) is 9.47 Å². The molecular weight excluding hydrogens is 480 g/mol. The molecule has 0 saturated heterocycles. The van der Waals surface area contributed by atoms with E-state index in [2.05, 4.69) is 6.92 Å². The van der Waals surface area contributed by atoms with Gasteiger partial charge in [-0.25, -0.2) is 12.7 Å². The first-order valence-electron chi connectivity index (χ1n) is 11.4. The predicted octanol–water partition coefficient (Wildman–Crippen LogP) is 5.82. The van der Waals surface area contributed by atoms with Gasteiger partial charge in [0.05, 0.1) is 19.1 Å². The van der Waals surface area contributed by atoms with Gasteiger partial charge in [-0.2, -0.15) is 0 Å². The Morgan fingerprint density at radius 3 is 1.92 bits per heavy atom. The second kappa shape index (κ2) is 12.5. The molecule has 1 unspecified atom stereocenters. The summed E-state index contributed by atoms with van der Waals surface area (Å²) in [6, 6.07) is 20.0. The number of non-ortho nitro benzene ring substituents is 1. The lowest BCUT2D eigenvalue weighted by molar-refractivity contribution is -0.384. The van der Waals surface area contributed by atoms with Crippen molar-refractivity contribution in [3.8, 4) is 11.5 Å². The highest BCUT2D eigenvalue weighted by molar-refractivity contribution is 7.89. The molecular formula is C27H34N2O6S. The zero-order valence-electron chi connectivity index (χ0n) is 21.8. The van der Waals surface area contributed by atoms with Gasteiger partial charge < -0.3 is 9.47 Å². The second-order valence-corrected chi connectivity index (χ2v) is 10.8. The number of ether oxygens (including phenoxy) is 2. The molecule has 36 heavy (non-hydrogen) atoms. The Morgan fingerprint density at radius 1 is 0.833 bits per heavy atom. The number of rotatable bonds is 8. The molecule has 0 saturated carbocycles. The Labute approximate surface area is 213 Å². The third-order valence-corrected chi connectivity index (χ3v) is 7.63. The fourth-order valence-electron chi connectivity index (χ4n) is 3.58. The summed E-state index contributed by atoms with van der Waals surface area (Å²) >= 11 is 0. The minimum atomic E-state index is -3.55. The van der Waals surface area contributed by atoms with Gasteiger partial charge in [-0.05, 0) is 35.2 Å². The van der Waals surface area contributed by atoms with Gasteiger partial charge in [-0.1, -0.05) is 57.2 Å². The van der Waals surface area contributed by atoms with Crippen LogP contribution in [-0.4, -0.2) is 46.0 Å². The van der Waals surface area contributed by atoms with Crippen LogP contribution in [0, 0.1) is 10.1 Å². The first-order valence-corrected chi connectivity index (χ1v) is 12.9. The first-order chi connectivity index (χ1) is 16.9. The van der Waals surface area contributed by atoms with Crippen LogP contribution in [0.5, 0.6) is 11.5 Å². The summed E-state index contributed by atoms with van der Waals surface area (Å²) in [7, 11) is 2.52. The molecule has 0 bridgehead atoms. The smallest absolute Gasteiger partial charge is 0.269 e. The number of nitro groups is 1. The molecule has 8 nitrogen and oxygen atoms in total. The summed E-state index contributed by atoms with van der Waals surface area (Å²) < 4.78 is 36.5. The van der Waals surface area contributed by atoms with Gasteiger partial charge in [-0.15, -0.1) is 0 Å². The number of nitrogens with zero attached hydrogens (tertiary/aromatic N) is 2. The molecule has 194 valence electrons. The van der Waals surface area contributed by atoms with Crippen LogP contribution < -0.4 is 9.47 Å². The lowest BCUT2D eigenvalue weighted by Gasteiger charge is -2.18. The first kappa shape index (κ1) is 28.8. The van der Waals surface area contributed by atoms with Gasteiger partial charge in [0.25, 0.3) is 5.69 Å². The molecule has 0 spiro atoms. The summed E-state index contributed by atoms with van der Waals surface area (Å²) in [5, 5.41) is 10.5. The summed E-state index contributed by atoms with van der Waals surface area (Å²) in [6.45, 7) is 6.01. The van der Waals surface area contributed by atoms with Crippen LogP contribution in [0.1, 0.15) is 49.3 Å². The monoisotopic (exact) mass is 514 g/mol. The van der Waals surface area contributed by atoms with E-state index in [-0.39, 0.29) is 22.4 Å². The molecule has 1 atom stereocenters. The van der Waals surface area contributed by atoms with Crippen molar-refractivity contribution >= 4 is 15.7 Å². The lowest BCUT2D eigenvalue weighted by Crippen LogP contribution is -2.23. The highest BCUT2D eigenvalue weighted by atomic mass is 32.2. The number of nitro benzene ring substituents is 1. The number of methoxy groups -OCH3 is 2. The van der Waals surface area contributed by atoms with E-state index in [1.165, 1.54) is 31.6 Å². The SMILES string of the molecule is COc1ccc(C(C)c2ccccc2)cc1S(=O)(=O)N(C)C.COc1ccc([N+](=O)[O-])cc1C(C)C. The maximum atomic E-state index is 12.5. The number of hydrogen-bond donors (Lipinski definition) is 0. The van der Waals surface area contributed by atoms with Crippen molar-refractivity contribution in [1.82, 2.24) is 4.31 Å². The van der Waals surface area contributed by atoms with E-state index in [0.717, 1.165) is 16.7 Å². The highest BCUT2D eigenvalue weighted by Gasteiger charge is 2.23. The normalized spacial score (nSPS) is 12.0. The molecule has 0 aliphatic heterocycles. The Morgan fingerprint density at radius 2 is 1.42 bits per heavy atom. The van der Waals surface area contributed by atoms with Crippen molar-refractivity contribution in [2.24, 2.45) is 0 Å². The van der Waals surface area contributed by atoms with Gasteiger partial charge in [-0.3, -0.25) is 10.1 Å². The molecule has 9 heteroatoms. The van der Waals surface area contributed by atoms with Gasteiger partial charge in [0.15, 0.2) is 0 Å². The highest BCUT2D eigenvalue weighted by Crippen LogP contribution is 2.32. The van der Waals surface area contributed by atoms with Crippen molar-refractivity contribution in [3.63, 3.8) is 0 Å². The minimum absolute atomic E-state index is 0.100. The number of sulfonamides is 1. The number of hydrogen-bond acceptors (Lipinski definition) is 6. The molecule has 3 aromatic carbocycles. The van der Waals surface area contributed by atoms with Crippen LogP contribution >= 0.6 is 0 Å². The maximum absolute atomic E-state index is 12.5. The van der Waals surface area contributed by atoms with Crippen LogP contribution in [0.4, 0.5) is 5.69 Å². The molecule has 0 aromatic heterocycles. The fourth-order valence-corrected chi connectivity index (χ4v) is 4.67. The summed E-state index contributed by atoms with van der Waals surface area (Å²) in [5.74, 6) is 1.37. The van der Waals surface area contributed by atoms with Crippen LogP contribution in [0.25, 0.3) is 0 Å². The molecule has 0 N–H and O–H groups in total. The van der Waals surface area contributed by atoms with Crippen molar-refractivity contribution in [2.75, 3.05) is 28.3 Å². The number of benzene rings is 3. The third kappa shape index (κ3) is 6.83. The van der Waals surface area contributed by atoms with E-state index in [1.807, 2.05) is 50.2 Å². The van der Waals surface area contributed by atoms with E-state index >= 15 is 0 Å². The summed E-state index contributed by atoms with van der Waals surface area (Å²) in [5.41, 5.74) is 3.05. The zero-order chi connectivity index (χ0) is 27.0. The van der Waals surface area contributed by atoms with Gasteiger partial charge >= 0.3 is 0 Å². The van der Waals surface area contributed by atoms with Crippen LogP contribution in [0.3, 0.4) is 0 Å². The van der Waals surface area contributed by atoms with Crippen molar-refractivity contribution < 1.29 is 22.8 Å². The van der Waals surface area contributed by atoms with Crippen LogP contribution in [-0.2, 0) is 10.0 Å². The Balaban J connectivity index is 0.000000281. The third-order valence-electron chi connectivity index (χ3n) is 5.79. The predicted molar refractivity (Wildman–Crippen MR) is 142 cm³/mol. The van der Waals surface area contributed by atoms with Crippen molar-refractivity contribution in [3.05, 3.63) is 93.5 Å². The average molecular weight is 515 g/mol. The molecule has 0 radical (unpaired) electrons. The van der Waals surface area contributed by atoms with Gasteiger partial charge in [0.2, 0.25) is 10.0 Å². The topological polar surface area (TPSA) is 99.0 Å². The molecule has 0 heterocycles. The van der Waals surface area contributed by atoms with Crippen LogP contribution in [0.15, 0.2) is 71.6 Å². The minimum Gasteiger partial charge on any atom is -0.496 e. The maximum Gasteiger partial charge on any atom is 0.269 e. The van der Waals surface area contributed by atoms with Crippen molar-refractivity contribution in [2.45, 2.75) is 37.5 Å². The standard InChI is InChI=1S/C17H21NO3S.C10H13NO3/c1-13(14-8-6-5-7-9-14)15-10-11-16(21-4)17(12-15)22(19,20)18(2)3;1-7(2)9-6-8(11(12)13)4-5-10(9)14-3/h5-13H,1-4H3;4-7H,1-3H3. The van der Waals surface area contributed by atoms with E-state index in [1.54, 1.807) is 31.4 Å². The summed E-state index contributed by atoms with van der Waals surface area (Å²) in [4.78, 5) is 10.3. The second-order valence-electron chi connectivity index (χ2n) is 8.67. The molecule has 0 aliphatic rings. The van der Waals surface area contributed by atoms with E-state index in [0.29, 0.717) is 11.5 Å². The molecule has 3 rings (SSSR count). The Hall–Kier alpha value is -3.43. The Kier molecular flexibility index (Phi) is 10.0. The van der Waals surface area contributed by atoms with Gasteiger partial charge in [0.1, 0.15) is 16.4 Å². The van der Waals surface area contributed by atoms with E-state index < -0.39 is 14.9 Å². The summed E-state index contributed by atoms with van der Waals surface area (Å²) in [6.07, 6.45) is 0. The molecule has 0 fully saturated rings. The lowest BCUT2D eigenvalue weighted by atomic mass is 9.93. The quantitative estimate of drug-likeness (QED) is 0.277. The largest absolute Gasteiger partial charge is 0.496 e. The average Bonchev–Trinajstić information content (AvgIpc) is 2.88. The fraction of sp³-hybridized carbons (Fsp3) is 0.333. The van der Waals surface area contributed by atoms with Crippen LogP contribution in [0.2, 0.25) is 0 Å². The van der Waals surface area contributed by atoms with Gasteiger partial charge in [0, 0.05) is 37.7 Å². The zero-order valence-corrected chi connectivity index (χ0v) is 22.6. The molecule has 0 aliphatic carbocycles.